The SMILES string of the molecule is COC[C@@H](C)Nc1nc(-c2ccc3c(c2)CCC3)cs1. The molecule has 1 aromatic heterocycles. The molecule has 20 heavy (non-hydrogen) atoms. The van der Waals surface area contributed by atoms with Gasteiger partial charge in [0.1, 0.15) is 0 Å². The number of ether oxygens (including phenoxy) is 1. The van der Waals surface area contributed by atoms with Crippen molar-refractivity contribution >= 4 is 16.5 Å². The van der Waals surface area contributed by atoms with E-state index in [0.717, 1.165) is 10.8 Å². The molecule has 1 aromatic carbocycles. The first kappa shape index (κ1) is 13.6. The maximum atomic E-state index is 5.13. The lowest BCUT2D eigenvalue weighted by Crippen LogP contribution is -2.20. The molecule has 0 bridgehead atoms. The molecule has 0 spiro atoms. The highest BCUT2D eigenvalue weighted by Crippen LogP contribution is 2.30. The summed E-state index contributed by atoms with van der Waals surface area (Å²) in [5.41, 5.74) is 5.31. The van der Waals surface area contributed by atoms with Crippen molar-refractivity contribution in [1.29, 1.82) is 0 Å². The number of nitrogens with zero attached hydrogens (tertiary/aromatic N) is 1. The molecule has 1 atom stereocenters. The fourth-order valence-corrected chi connectivity index (χ4v) is 3.54. The highest BCUT2D eigenvalue weighted by atomic mass is 32.1. The van der Waals surface area contributed by atoms with Gasteiger partial charge in [-0.1, -0.05) is 12.1 Å². The van der Waals surface area contributed by atoms with Gasteiger partial charge in [-0.15, -0.1) is 11.3 Å². The molecule has 1 aliphatic rings. The first-order valence-corrected chi connectivity index (χ1v) is 7.97. The molecule has 0 radical (unpaired) electrons. The Bertz CT molecular complexity index is 594. The van der Waals surface area contributed by atoms with Crippen molar-refractivity contribution in [3.8, 4) is 11.3 Å². The van der Waals surface area contributed by atoms with Crippen LogP contribution in [0.15, 0.2) is 23.6 Å². The zero-order valence-electron chi connectivity index (χ0n) is 12.0. The van der Waals surface area contributed by atoms with Gasteiger partial charge in [0.25, 0.3) is 0 Å². The van der Waals surface area contributed by atoms with Crippen molar-refractivity contribution in [2.45, 2.75) is 32.2 Å². The van der Waals surface area contributed by atoms with Gasteiger partial charge in [0.05, 0.1) is 12.3 Å². The van der Waals surface area contributed by atoms with Crippen LogP contribution in [-0.2, 0) is 17.6 Å². The van der Waals surface area contributed by atoms with Crippen molar-refractivity contribution < 1.29 is 4.74 Å². The number of aromatic nitrogens is 1. The van der Waals surface area contributed by atoms with Crippen molar-refractivity contribution in [3.63, 3.8) is 0 Å². The lowest BCUT2D eigenvalue weighted by Gasteiger charge is -2.10. The number of thiazole rings is 1. The van der Waals surface area contributed by atoms with Gasteiger partial charge < -0.3 is 10.1 Å². The lowest BCUT2D eigenvalue weighted by atomic mass is 10.1. The molecular formula is C16H20N2OS. The molecule has 3 nitrogen and oxygen atoms in total. The van der Waals surface area contributed by atoms with Crippen LogP contribution >= 0.6 is 11.3 Å². The van der Waals surface area contributed by atoms with E-state index in [0.29, 0.717) is 6.61 Å². The van der Waals surface area contributed by atoms with Gasteiger partial charge in [-0.25, -0.2) is 4.98 Å². The second-order valence-electron chi connectivity index (χ2n) is 5.38. The van der Waals surface area contributed by atoms with E-state index in [4.69, 9.17) is 4.74 Å². The summed E-state index contributed by atoms with van der Waals surface area (Å²) >= 11 is 1.65. The number of hydrogen-bond acceptors (Lipinski definition) is 4. The fraction of sp³-hybridized carbons (Fsp3) is 0.438. The molecule has 3 rings (SSSR count). The number of hydrogen-bond donors (Lipinski definition) is 1. The number of methoxy groups -OCH3 is 1. The monoisotopic (exact) mass is 288 g/mol. The van der Waals surface area contributed by atoms with Crippen molar-refractivity contribution in [2.24, 2.45) is 0 Å². The molecular weight excluding hydrogens is 268 g/mol. The predicted molar refractivity (Wildman–Crippen MR) is 84.5 cm³/mol. The Hall–Kier alpha value is -1.39. The van der Waals surface area contributed by atoms with Gasteiger partial charge in [0, 0.05) is 24.1 Å². The number of anilines is 1. The third-order valence-electron chi connectivity index (χ3n) is 3.68. The van der Waals surface area contributed by atoms with Crippen LogP contribution in [-0.4, -0.2) is 24.7 Å². The lowest BCUT2D eigenvalue weighted by molar-refractivity contribution is 0.190. The molecule has 0 saturated carbocycles. The Morgan fingerprint density at radius 3 is 3.05 bits per heavy atom. The Morgan fingerprint density at radius 2 is 2.20 bits per heavy atom. The predicted octanol–water partition coefficient (Wildman–Crippen LogP) is 3.75. The Morgan fingerprint density at radius 1 is 1.35 bits per heavy atom. The third-order valence-corrected chi connectivity index (χ3v) is 4.46. The van der Waals surface area contributed by atoms with E-state index < -0.39 is 0 Å². The summed E-state index contributed by atoms with van der Waals surface area (Å²) in [5.74, 6) is 0. The van der Waals surface area contributed by atoms with Gasteiger partial charge in [-0.05, 0) is 43.4 Å². The molecule has 0 amide bonds. The molecule has 0 aliphatic heterocycles. The quantitative estimate of drug-likeness (QED) is 0.910. The molecule has 0 fully saturated rings. The van der Waals surface area contributed by atoms with Crippen LogP contribution in [0.25, 0.3) is 11.3 Å². The van der Waals surface area contributed by atoms with Crippen LogP contribution < -0.4 is 5.32 Å². The Labute approximate surface area is 124 Å². The number of rotatable bonds is 5. The molecule has 1 heterocycles. The first-order chi connectivity index (χ1) is 9.76. The molecule has 1 N–H and O–H groups in total. The zero-order valence-corrected chi connectivity index (χ0v) is 12.8. The van der Waals surface area contributed by atoms with Gasteiger partial charge in [0.2, 0.25) is 0 Å². The summed E-state index contributed by atoms with van der Waals surface area (Å²) in [5, 5.41) is 6.45. The molecule has 106 valence electrons. The topological polar surface area (TPSA) is 34.1 Å². The van der Waals surface area contributed by atoms with Crippen LogP contribution in [0.2, 0.25) is 0 Å². The van der Waals surface area contributed by atoms with E-state index in [-0.39, 0.29) is 6.04 Å². The molecule has 4 heteroatoms. The van der Waals surface area contributed by atoms with Crippen LogP contribution in [0, 0.1) is 0 Å². The van der Waals surface area contributed by atoms with Crippen LogP contribution in [0.4, 0.5) is 5.13 Å². The fourth-order valence-electron chi connectivity index (χ4n) is 2.71. The van der Waals surface area contributed by atoms with Crippen molar-refractivity contribution in [2.75, 3.05) is 19.0 Å². The number of aryl methyl sites for hydroxylation is 2. The maximum Gasteiger partial charge on any atom is 0.183 e. The van der Waals surface area contributed by atoms with E-state index in [2.05, 4.69) is 40.8 Å². The van der Waals surface area contributed by atoms with Gasteiger partial charge in [-0.3, -0.25) is 0 Å². The first-order valence-electron chi connectivity index (χ1n) is 7.09. The highest BCUT2D eigenvalue weighted by molar-refractivity contribution is 7.14. The Balaban J connectivity index is 1.76. The van der Waals surface area contributed by atoms with E-state index in [1.165, 1.54) is 36.0 Å². The number of nitrogens with one attached hydrogen (secondary N) is 1. The van der Waals surface area contributed by atoms with Crippen molar-refractivity contribution in [1.82, 2.24) is 4.98 Å². The maximum absolute atomic E-state index is 5.13. The summed E-state index contributed by atoms with van der Waals surface area (Å²) in [6.45, 7) is 2.79. The minimum absolute atomic E-state index is 0.277. The van der Waals surface area contributed by atoms with Gasteiger partial charge in [0.15, 0.2) is 5.13 Å². The highest BCUT2D eigenvalue weighted by Gasteiger charge is 2.13. The van der Waals surface area contributed by atoms with Crippen LogP contribution in [0.3, 0.4) is 0 Å². The second kappa shape index (κ2) is 5.94. The van der Waals surface area contributed by atoms with E-state index in [1.807, 2.05) is 0 Å². The van der Waals surface area contributed by atoms with Gasteiger partial charge >= 0.3 is 0 Å². The standard InChI is InChI=1S/C16H20N2OS/c1-11(9-19-2)17-16-18-15(10-20-16)14-7-6-12-4-3-5-13(12)8-14/h6-8,10-11H,3-5,9H2,1-2H3,(H,17,18)/t11-/m1/s1. The number of fused-ring (bicyclic) bond motifs is 1. The van der Waals surface area contributed by atoms with E-state index in [1.54, 1.807) is 18.4 Å². The zero-order chi connectivity index (χ0) is 13.9. The minimum atomic E-state index is 0.277. The summed E-state index contributed by atoms with van der Waals surface area (Å²) < 4.78 is 5.13. The molecule has 1 aliphatic carbocycles. The normalized spacial score (nSPS) is 15.1. The van der Waals surface area contributed by atoms with E-state index >= 15 is 0 Å². The smallest absolute Gasteiger partial charge is 0.183 e. The third kappa shape index (κ3) is 2.86. The molecule has 2 aromatic rings. The minimum Gasteiger partial charge on any atom is -0.383 e. The van der Waals surface area contributed by atoms with Crippen LogP contribution in [0.1, 0.15) is 24.5 Å². The number of benzene rings is 1. The average molecular weight is 288 g/mol. The summed E-state index contributed by atoms with van der Waals surface area (Å²) in [7, 11) is 1.72. The summed E-state index contributed by atoms with van der Waals surface area (Å²) in [6.07, 6.45) is 3.73. The van der Waals surface area contributed by atoms with Gasteiger partial charge in [-0.2, -0.15) is 0 Å². The summed E-state index contributed by atoms with van der Waals surface area (Å²) in [4.78, 5) is 4.68. The molecule has 0 unspecified atom stereocenters. The largest absolute Gasteiger partial charge is 0.383 e. The molecule has 0 saturated heterocycles. The average Bonchev–Trinajstić information content (AvgIpc) is 3.06. The second-order valence-corrected chi connectivity index (χ2v) is 6.23. The Kier molecular flexibility index (Phi) is 4.03. The van der Waals surface area contributed by atoms with Crippen molar-refractivity contribution in [3.05, 3.63) is 34.7 Å². The van der Waals surface area contributed by atoms with Crippen LogP contribution in [0.5, 0.6) is 0 Å². The van der Waals surface area contributed by atoms with E-state index in [9.17, 15) is 0 Å². The summed E-state index contributed by atoms with van der Waals surface area (Å²) in [6, 6.07) is 7.04.